The van der Waals surface area contributed by atoms with Gasteiger partial charge in [0.15, 0.2) is 0 Å². The summed E-state index contributed by atoms with van der Waals surface area (Å²) in [5.74, 6) is -0.353. The normalized spacial score (nSPS) is 19.9. The first-order chi connectivity index (χ1) is 9.08. The molecule has 2 atom stereocenters. The first-order valence-corrected chi connectivity index (χ1v) is 6.85. The molecular weight excluding hydrogens is 279 g/mol. The Labute approximate surface area is 125 Å². The van der Waals surface area contributed by atoms with Crippen LogP contribution in [0.1, 0.15) is 35.7 Å². The fraction of sp³-hybridized carbons (Fsp3) is 0.533. The second-order valence-electron chi connectivity index (χ2n) is 5.35. The maximum atomic E-state index is 13.7. The summed E-state index contributed by atoms with van der Waals surface area (Å²) in [7, 11) is 0. The molecular formula is C15H22ClFN2O. The molecule has 3 nitrogen and oxygen atoms in total. The van der Waals surface area contributed by atoms with Crippen LogP contribution in [-0.4, -0.2) is 25.0 Å². The topological polar surface area (TPSA) is 41.1 Å². The first-order valence-electron chi connectivity index (χ1n) is 6.85. The van der Waals surface area contributed by atoms with Gasteiger partial charge in [0.2, 0.25) is 0 Å². The maximum absolute atomic E-state index is 13.7. The van der Waals surface area contributed by atoms with Gasteiger partial charge >= 0.3 is 0 Å². The van der Waals surface area contributed by atoms with Crippen molar-refractivity contribution in [2.75, 3.05) is 13.1 Å². The molecule has 0 aromatic heterocycles. The fourth-order valence-electron chi connectivity index (χ4n) is 2.51. The Morgan fingerprint density at radius 3 is 2.85 bits per heavy atom. The fourth-order valence-corrected chi connectivity index (χ4v) is 2.51. The van der Waals surface area contributed by atoms with E-state index in [-0.39, 0.29) is 29.9 Å². The van der Waals surface area contributed by atoms with Gasteiger partial charge in [-0.2, -0.15) is 0 Å². The van der Waals surface area contributed by atoms with Crippen molar-refractivity contribution in [1.82, 2.24) is 10.6 Å². The summed E-state index contributed by atoms with van der Waals surface area (Å²) in [6.45, 7) is 5.75. The zero-order valence-corrected chi connectivity index (χ0v) is 12.7. The minimum Gasteiger partial charge on any atom is -0.349 e. The second kappa shape index (κ2) is 7.60. The van der Waals surface area contributed by atoms with Crippen LogP contribution in [0.3, 0.4) is 0 Å². The van der Waals surface area contributed by atoms with Crippen LogP contribution in [0, 0.1) is 18.7 Å². The maximum Gasteiger partial charge on any atom is 0.254 e. The molecule has 2 unspecified atom stereocenters. The summed E-state index contributed by atoms with van der Waals surface area (Å²) in [6, 6.07) is 4.75. The number of benzene rings is 1. The summed E-state index contributed by atoms with van der Waals surface area (Å²) < 4.78 is 13.7. The number of hydrogen-bond acceptors (Lipinski definition) is 2. The van der Waals surface area contributed by atoms with E-state index in [4.69, 9.17) is 0 Å². The van der Waals surface area contributed by atoms with Crippen molar-refractivity contribution in [3.8, 4) is 0 Å². The summed E-state index contributed by atoms with van der Waals surface area (Å²) >= 11 is 0. The molecule has 0 saturated carbocycles. The van der Waals surface area contributed by atoms with Crippen molar-refractivity contribution < 1.29 is 9.18 Å². The van der Waals surface area contributed by atoms with E-state index in [2.05, 4.69) is 10.6 Å². The van der Waals surface area contributed by atoms with E-state index in [1.54, 1.807) is 19.1 Å². The van der Waals surface area contributed by atoms with Crippen molar-refractivity contribution in [1.29, 1.82) is 0 Å². The monoisotopic (exact) mass is 300 g/mol. The molecule has 1 aliphatic heterocycles. The lowest BCUT2D eigenvalue weighted by molar-refractivity contribution is 0.0918. The van der Waals surface area contributed by atoms with Crippen molar-refractivity contribution in [3.63, 3.8) is 0 Å². The third kappa shape index (κ3) is 4.18. The third-order valence-electron chi connectivity index (χ3n) is 3.77. The van der Waals surface area contributed by atoms with E-state index in [9.17, 15) is 9.18 Å². The van der Waals surface area contributed by atoms with Crippen LogP contribution in [0.25, 0.3) is 0 Å². The number of nitrogens with one attached hydrogen (secondary N) is 2. The molecule has 1 amide bonds. The summed E-state index contributed by atoms with van der Waals surface area (Å²) in [5, 5.41) is 6.23. The Hall–Kier alpha value is -1.13. The molecule has 1 aromatic carbocycles. The minimum absolute atomic E-state index is 0. The van der Waals surface area contributed by atoms with E-state index < -0.39 is 5.82 Å². The van der Waals surface area contributed by atoms with Gasteiger partial charge in [-0.3, -0.25) is 4.79 Å². The van der Waals surface area contributed by atoms with Crippen molar-refractivity contribution in [2.24, 2.45) is 5.92 Å². The highest BCUT2D eigenvalue weighted by Gasteiger charge is 2.22. The smallest absolute Gasteiger partial charge is 0.254 e. The molecule has 2 N–H and O–H groups in total. The van der Waals surface area contributed by atoms with E-state index in [1.807, 2.05) is 6.92 Å². The van der Waals surface area contributed by atoms with Gasteiger partial charge in [0, 0.05) is 6.04 Å². The standard InChI is InChI=1S/C15H21FN2O.ClH/c1-10-5-6-13(14(16)8-10)15(19)18-11(2)12-4-3-7-17-9-12;/h5-6,8,11-12,17H,3-4,7,9H2,1-2H3,(H,18,19);1H. The van der Waals surface area contributed by atoms with Gasteiger partial charge in [-0.1, -0.05) is 6.07 Å². The number of carbonyl (C=O) groups excluding carboxylic acids is 1. The Balaban J connectivity index is 0.00000200. The number of rotatable bonds is 3. The lowest BCUT2D eigenvalue weighted by atomic mass is 9.92. The van der Waals surface area contributed by atoms with Crippen LogP contribution in [-0.2, 0) is 0 Å². The van der Waals surface area contributed by atoms with E-state index in [0.717, 1.165) is 31.5 Å². The third-order valence-corrected chi connectivity index (χ3v) is 3.77. The highest BCUT2D eigenvalue weighted by atomic mass is 35.5. The van der Waals surface area contributed by atoms with Crippen LogP contribution in [0.2, 0.25) is 0 Å². The summed E-state index contributed by atoms with van der Waals surface area (Å²) in [5.41, 5.74) is 0.944. The van der Waals surface area contributed by atoms with Crippen LogP contribution >= 0.6 is 12.4 Å². The minimum atomic E-state index is -0.452. The van der Waals surface area contributed by atoms with E-state index in [1.165, 1.54) is 6.07 Å². The van der Waals surface area contributed by atoms with Gasteiger partial charge in [-0.25, -0.2) is 4.39 Å². The van der Waals surface area contributed by atoms with Gasteiger partial charge in [0.25, 0.3) is 5.91 Å². The molecule has 0 bridgehead atoms. The molecule has 1 aliphatic rings. The predicted octanol–water partition coefficient (Wildman–Crippen LogP) is 2.67. The SMILES string of the molecule is Cc1ccc(C(=O)NC(C)C2CCCNC2)c(F)c1.Cl. The molecule has 0 spiro atoms. The molecule has 2 rings (SSSR count). The van der Waals surface area contributed by atoms with Crippen LogP contribution in [0.5, 0.6) is 0 Å². The summed E-state index contributed by atoms with van der Waals surface area (Å²) in [4.78, 5) is 12.1. The Kier molecular flexibility index (Phi) is 6.43. The Bertz CT molecular complexity index is 461. The summed E-state index contributed by atoms with van der Waals surface area (Å²) in [6.07, 6.45) is 2.23. The zero-order valence-electron chi connectivity index (χ0n) is 11.9. The highest BCUT2D eigenvalue weighted by Crippen LogP contribution is 2.15. The van der Waals surface area contributed by atoms with Crippen LogP contribution < -0.4 is 10.6 Å². The number of piperidine rings is 1. The highest BCUT2D eigenvalue weighted by molar-refractivity contribution is 5.94. The second-order valence-corrected chi connectivity index (χ2v) is 5.35. The molecule has 1 fully saturated rings. The molecule has 112 valence electrons. The van der Waals surface area contributed by atoms with Gasteiger partial charge in [-0.05, 0) is 63.4 Å². The van der Waals surface area contributed by atoms with E-state index in [0.29, 0.717) is 5.92 Å². The van der Waals surface area contributed by atoms with Crippen LogP contribution in [0.4, 0.5) is 4.39 Å². The van der Waals surface area contributed by atoms with E-state index >= 15 is 0 Å². The van der Waals surface area contributed by atoms with Crippen molar-refractivity contribution >= 4 is 18.3 Å². The van der Waals surface area contributed by atoms with Crippen molar-refractivity contribution in [3.05, 3.63) is 35.1 Å². The number of carbonyl (C=O) groups is 1. The molecule has 1 saturated heterocycles. The lowest BCUT2D eigenvalue weighted by Gasteiger charge is -2.29. The number of halogens is 2. The molecule has 1 heterocycles. The number of hydrogen-bond donors (Lipinski definition) is 2. The Morgan fingerprint density at radius 1 is 1.50 bits per heavy atom. The Morgan fingerprint density at radius 2 is 2.25 bits per heavy atom. The lowest BCUT2D eigenvalue weighted by Crippen LogP contribution is -2.44. The van der Waals surface area contributed by atoms with Gasteiger partial charge in [-0.15, -0.1) is 12.4 Å². The quantitative estimate of drug-likeness (QED) is 0.901. The molecule has 1 aromatic rings. The molecule has 0 radical (unpaired) electrons. The molecule has 0 aliphatic carbocycles. The van der Waals surface area contributed by atoms with Gasteiger partial charge in [0.1, 0.15) is 5.82 Å². The van der Waals surface area contributed by atoms with Crippen molar-refractivity contribution in [2.45, 2.75) is 32.7 Å². The molecule has 20 heavy (non-hydrogen) atoms. The average Bonchev–Trinajstić information content (AvgIpc) is 2.39. The van der Waals surface area contributed by atoms with Crippen LogP contribution in [0.15, 0.2) is 18.2 Å². The van der Waals surface area contributed by atoms with Gasteiger partial charge in [0.05, 0.1) is 5.56 Å². The first kappa shape index (κ1) is 16.9. The number of aryl methyl sites for hydroxylation is 1. The largest absolute Gasteiger partial charge is 0.349 e. The predicted molar refractivity (Wildman–Crippen MR) is 80.9 cm³/mol. The van der Waals surface area contributed by atoms with Gasteiger partial charge < -0.3 is 10.6 Å². The zero-order chi connectivity index (χ0) is 13.8. The number of amides is 1. The molecule has 5 heteroatoms. The average molecular weight is 301 g/mol.